The first-order valence-electron chi connectivity index (χ1n) is 10.4. The van der Waals surface area contributed by atoms with Crippen LogP contribution in [0.25, 0.3) is 0 Å². The SMILES string of the molecule is C[C@H](O)c1cc2n(n1)CCCN(C1CCN(CCc3ccccc3)CC1)C2. The van der Waals surface area contributed by atoms with E-state index in [-0.39, 0.29) is 0 Å². The van der Waals surface area contributed by atoms with Gasteiger partial charge in [-0.15, -0.1) is 0 Å². The Morgan fingerprint density at radius 1 is 1.11 bits per heavy atom. The summed E-state index contributed by atoms with van der Waals surface area (Å²) in [6.07, 6.45) is 4.32. The number of aryl methyl sites for hydroxylation is 1. The molecule has 2 aliphatic heterocycles. The molecule has 5 nitrogen and oxygen atoms in total. The average Bonchev–Trinajstić information content (AvgIpc) is 3.00. The highest BCUT2D eigenvalue weighted by molar-refractivity contribution is 5.15. The molecule has 0 unspecified atom stereocenters. The Labute approximate surface area is 162 Å². The number of piperidine rings is 1. The van der Waals surface area contributed by atoms with Crippen LogP contribution in [0.2, 0.25) is 0 Å². The van der Waals surface area contributed by atoms with Crippen LogP contribution in [0.4, 0.5) is 0 Å². The van der Waals surface area contributed by atoms with E-state index in [0.717, 1.165) is 38.2 Å². The molecular formula is C22H32N4O. The fourth-order valence-corrected chi connectivity index (χ4v) is 4.47. The lowest BCUT2D eigenvalue weighted by molar-refractivity contribution is 0.104. The Hall–Kier alpha value is -1.69. The van der Waals surface area contributed by atoms with Crippen LogP contribution in [0, 0.1) is 0 Å². The fourth-order valence-electron chi connectivity index (χ4n) is 4.47. The van der Waals surface area contributed by atoms with Gasteiger partial charge in [-0.1, -0.05) is 30.3 Å². The van der Waals surface area contributed by atoms with Gasteiger partial charge in [0.15, 0.2) is 0 Å². The second-order valence-corrected chi connectivity index (χ2v) is 8.09. The van der Waals surface area contributed by atoms with Gasteiger partial charge in [0.05, 0.1) is 17.5 Å². The van der Waals surface area contributed by atoms with Gasteiger partial charge in [-0.3, -0.25) is 9.58 Å². The van der Waals surface area contributed by atoms with Crippen molar-refractivity contribution in [3.8, 4) is 0 Å². The summed E-state index contributed by atoms with van der Waals surface area (Å²) >= 11 is 0. The van der Waals surface area contributed by atoms with Crippen molar-refractivity contribution in [1.29, 1.82) is 0 Å². The average molecular weight is 369 g/mol. The highest BCUT2D eigenvalue weighted by atomic mass is 16.3. The van der Waals surface area contributed by atoms with E-state index in [9.17, 15) is 5.11 Å². The number of aliphatic hydroxyl groups is 1. The molecule has 1 aromatic carbocycles. The first-order chi connectivity index (χ1) is 13.2. The first kappa shape index (κ1) is 18.7. The van der Waals surface area contributed by atoms with Crippen LogP contribution in [0.3, 0.4) is 0 Å². The van der Waals surface area contributed by atoms with Crippen molar-refractivity contribution in [2.24, 2.45) is 0 Å². The van der Waals surface area contributed by atoms with Crippen LogP contribution in [0.1, 0.15) is 49.2 Å². The van der Waals surface area contributed by atoms with Gasteiger partial charge in [0.25, 0.3) is 0 Å². The zero-order valence-corrected chi connectivity index (χ0v) is 16.4. The molecule has 0 radical (unpaired) electrons. The molecule has 2 aliphatic rings. The van der Waals surface area contributed by atoms with Crippen LogP contribution >= 0.6 is 0 Å². The maximum Gasteiger partial charge on any atom is 0.0950 e. The molecule has 1 N–H and O–H groups in total. The third-order valence-electron chi connectivity index (χ3n) is 6.12. The number of nitrogens with zero attached hydrogens (tertiary/aromatic N) is 4. The number of likely N-dealkylation sites (tertiary alicyclic amines) is 1. The number of hydrogen-bond donors (Lipinski definition) is 1. The summed E-state index contributed by atoms with van der Waals surface area (Å²) in [4.78, 5) is 5.28. The molecule has 1 atom stereocenters. The van der Waals surface area contributed by atoms with E-state index in [1.807, 2.05) is 0 Å². The van der Waals surface area contributed by atoms with Crippen LogP contribution in [0.15, 0.2) is 36.4 Å². The highest BCUT2D eigenvalue weighted by Crippen LogP contribution is 2.23. The topological polar surface area (TPSA) is 44.5 Å². The van der Waals surface area contributed by atoms with Gasteiger partial charge in [0, 0.05) is 32.2 Å². The molecule has 0 saturated carbocycles. The second kappa shape index (κ2) is 8.55. The molecule has 4 rings (SSSR count). The minimum Gasteiger partial charge on any atom is -0.387 e. The summed E-state index contributed by atoms with van der Waals surface area (Å²) in [5.41, 5.74) is 3.51. The van der Waals surface area contributed by atoms with Gasteiger partial charge in [-0.05, 0) is 57.3 Å². The number of aliphatic hydroxyl groups excluding tert-OH is 1. The van der Waals surface area contributed by atoms with Gasteiger partial charge >= 0.3 is 0 Å². The van der Waals surface area contributed by atoms with E-state index < -0.39 is 6.10 Å². The molecule has 2 aromatic rings. The van der Waals surface area contributed by atoms with Crippen molar-refractivity contribution in [2.75, 3.05) is 26.2 Å². The van der Waals surface area contributed by atoms with Crippen molar-refractivity contribution >= 4 is 0 Å². The van der Waals surface area contributed by atoms with Crippen LogP contribution < -0.4 is 0 Å². The maximum atomic E-state index is 9.82. The minimum atomic E-state index is -0.481. The molecule has 1 aromatic heterocycles. The molecule has 0 spiro atoms. The molecular weight excluding hydrogens is 336 g/mol. The third-order valence-corrected chi connectivity index (χ3v) is 6.12. The quantitative estimate of drug-likeness (QED) is 0.881. The van der Waals surface area contributed by atoms with Crippen molar-refractivity contribution < 1.29 is 5.11 Å². The van der Waals surface area contributed by atoms with Gasteiger partial charge in [-0.25, -0.2) is 0 Å². The summed E-state index contributed by atoms with van der Waals surface area (Å²) < 4.78 is 2.11. The number of rotatable bonds is 5. The third kappa shape index (κ3) is 4.60. The Kier molecular flexibility index (Phi) is 5.91. The van der Waals surface area contributed by atoms with E-state index in [0.29, 0.717) is 6.04 Å². The number of aromatic nitrogens is 2. The van der Waals surface area contributed by atoms with Crippen LogP contribution in [-0.4, -0.2) is 56.9 Å². The number of fused-ring (bicyclic) bond motifs is 1. The Bertz CT molecular complexity index is 719. The molecule has 27 heavy (non-hydrogen) atoms. The normalized spacial score (nSPS) is 21.0. The monoisotopic (exact) mass is 368 g/mol. The maximum absolute atomic E-state index is 9.82. The van der Waals surface area contributed by atoms with Crippen molar-refractivity contribution in [3.63, 3.8) is 0 Å². The molecule has 3 heterocycles. The zero-order valence-electron chi connectivity index (χ0n) is 16.4. The molecule has 1 fully saturated rings. The summed E-state index contributed by atoms with van der Waals surface area (Å²) in [7, 11) is 0. The summed E-state index contributed by atoms with van der Waals surface area (Å²) in [6.45, 7) is 8.45. The molecule has 0 amide bonds. The standard InChI is InChI=1S/C22H32N4O/c1-18(27)22-16-21-17-25(11-5-12-26(21)23-22)20-9-14-24(15-10-20)13-8-19-6-3-2-4-7-19/h2-4,6-7,16,18,20,27H,5,8-15,17H2,1H3/t18-/m0/s1. The predicted molar refractivity (Wildman–Crippen MR) is 107 cm³/mol. The van der Waals surface area contributed by atoms with E-state index in [2.05, 4.69) is 56.0 Å². The molecule has 0 aliphatic carbocycles. The Morgan fingerprint density at radius 3 is 2.63 bits per heavy atom. The number of benzene rings is 1. The van der Waals surface area contributed by atoms with E-state index in [1.165, 1.54) is 43.7 Å². The van der Waals surface area contributed by atoms with Crippen LogP contribution in [-0.2, 0) is 19.5 Å². The van der Waals surface area contributed by atoms with E-state index in [1.54, 1.807) is 6.92 Å². The smallest absolute Gasteiger partial charge is 0.0950 e. The number of hydrogen-bond acceptors (Lipinski definition) is 4. The second-order valence-electron chi connectivity index (χ2n) is 8.09. The molecule has 0 bridgehead atoms. The van der Waals surface area contributed by atoms with Crippen LogP contribution in [0.5, 0.6) is 0 Å². The largest absolute Gasteiger partial charge is 0.387 e. The first-order valence-corrected chi connectivity index (χ1v) is 10.4. The van der Waals surface area contributed by atoms with Crippen molar-refractivity contribution in [2.45, 2.75) is 57.8 Å². The fraction of sp³-hybridized carbons (Fsp3) is 0.591. The van der Waals surface area contributed by atoms with Gasteiger partial charge in [0.1, 0.15) is 0 Å². The van der Waals surface area contributed by atoms with E-state index in [4.69, 9.17) is 0 Å². The predicted octanol–water partition coefficient (Wildman–Crippen LogP) is 2.85. The van der Waals surface area contributed by atoms with E-state index >= 15 is 0 Å². The van der Waals surface area contributed by atoms with Crippen molar-refractivity contribution in [3.05, 3.63) is 53.3 Å². The Morgan fingerprint density at radius 2 is 1.89 bits per heavy atom. The Balaban J connectivity index is 1.30. The van der Waals surface area contributed by atoms with Crippen molar-refractivity contribution in [1.82, 2.24) is 19.6 Å². The van der Waals surface area contributed by atoms with Gasteiger partial charge in [0.2, 0.25) is 0 Å². The summed E-state index contributed by atoms with van der Waals surface area (Å²) in [5.74, 6) is 0. The minimum absolute atomic E-state index is 0.481. The lowest BCUT2D eigenvalue weighted by Crippen LogP contribution is -2.45. The van der Waals surface area contributed by atoms with Gasteiger partial charge < -0.3 is 10.0 Å². The lowest BCUT2D eigenvalue weighted by atomic mass is 10.0. The summed E-state index contributed by atoms with van der Waals surface area (Å²) in [6, 6.07) is 13.6. The highest BCUT2D eigenvalue weighted by Gasteiger charge is 2.27. The van der Waals surface area contributed by atoms with Gasteiger partial charge in [-0.2, -0.15) is 5.10 Å². The molecule has 5 heteroatoms. The molecule has 146 valence electrons. The zero-order chi connectivity index (χ0) is 18.6. The summed E-state index contributed by atoms with van der Waals surface area (Å²) in [5, 5.41) is 14.4. The lowest BCUT2D eigenvalue weighted by Gasteiger charge is -2.38. The molecule has 1 saturated heterocycles.